The van der Waals surface area contributed by atoms with Gasteiger partial charge in [-0.2, -0.15) is 0 Å². The van der Waals surface area contributed by atoms with E-state index in [2.05, 4.69) is 6.92 Å². The molecule has 3 heteroatoms. The first kappa shape index (κ1) is 12.8. The molecule has 1 rings (SSSR count). The summed E-state index contributed by atoms with van der Waals surface area (Å²) in [6.45, 7) is 2.16. The van der Waals surface area contributed by atoms with Crippen LogP contribution in [-0.2, 0) is 4.74 Å². The molecular formula is C12H16Cl2O. The van der Waals surface area contributed by atoms with Crippen LogP contribution >= 0.6 is 23.2 Å². The van der Waals surface area contributed by atoms with Gasteiger partial charge in [-0.05, 0) is 30.2 Å². The van der Waals surface area contributed by atoms with Gasteiger partial charge in [0.25, 0.3) is 0 Å². The van der Waals surface area contributed by atoms with Gasteiger partial charge >= 0.3 is 0 Å². The Morgan fingerprint density at radius 3 is 2.27 bits per heavy atom. The quantitative estimate of drug-likeness (QED) is 0.721. The van der Waals surface area contributed by atoms with Crippen LogP contribution in [0.5, 0.6) is 0 Å². The van der Waals surface area contributed by atoms with E-state index in [9.17, 15) is 0 Å². The zero-order valence-electron chi connectivity index (χ0n) is 9.09. The van der Waals surface area contributed by atoms with Gasteiger partial charge in [-0.3, -0.25) is 0 Å². The summed E-state index contributed by atoms with van der Waals surface area (Å²) in [6, 6.07) is 5.56. The molecule has 0 radical (unpaired) electrons. The molecule has 0 amide bonds. The van der Waals surface area contributed by atoms with Crippen LogP contribution in [0, 0.1) is 0 Å². The van der Waals surface area contributed by atoms with Crippen molar-refractivity contribution in [2.24, 2.45) is 0 Å². The van der Waals surface area contributed by atoms with E-state index in [1.54, 1.807) is 13.2 Å². The molecule has 0 saturated heterocycles. The van der Waals surface area contributed by atoms with E-state index >= 15 is 0 Å². The molecule has 0 bridgehead atoms. The predicted molar refractivity (Wildman–Crippen MR) is 65.7 cm³/mol. The highest BCUT2D eigenvalue weighted by atomic mass is 35.5. The molecular weight excluding hydrogens is 231 g/mol. The van der Waals surface area contributed by atoms with Crippen molar-refractivity contribution >= 4 is 23.2 Å². The second-order valence-electron chi connectivity index (χ2n) is 3.57. The van der Waals surface area contributed by atoms with E-state index in [-0.39, 0.29) is 6.10 Å². The van der Waals surface area contributed by atoms with E-state index in [0.717, 1.165) is 24.8 Å². The SMILES string of the molecule is CCCCC(OC)c1cc(Cl)cc(Cl)c1. The van der Waals surface area contributed by atoms with E-state index in [1.165, 1.54) is 0 Å². The zero-order chi connectivity index (χ0) is 11.3. The fraction of sp³-hybridized carbons (Fsp3) is 0.500. The number of methoxy groups -OCH3 is 1. The second-order valence-corrected chi connectivity index (χ2v) is 4.44. The molecule has 15 heavy (non-hydrogen) atoms. The van der Waals surface area contributed by atoms with Gasteiger partial charge in [-0.15, -0.1) is 0 Å². The fourth-order valence-corrected chi connectivity index (χ4v) is 2.11. The highest BCUT2D eigenvalue weighted by Crippen LogP contribution is 2.28. The van der Waals surface area contributed by atoms with Crippen LogP contribution in [0.3, 0.4) is 0 Å². The van der Waals surface area contributed by atoms with Crippen molar-refractivity contribution in [1.29, 1.82) is 0 Å². The van der Waals surface area contributed by atoms with Gasteiger partial charge < -0.3 is 4.74 Å². The maximum atomic E-state index is 5.95. The maximum Gasteiger partial charge on any atom is 0.0822 e. The van der Waals surface area contributed by atoms with Crippen molar-refractivity contribution < 1.29 is 4.74 Å². The van der Waals surface area contributed by atoms with E-state index < -0.39 is 0 Å². The third kappa shape index (κ3) is 4.02. The van der Waals surface area contributed by atoms with Crippen molar-refractivity contribution in [3.63, 3.8) is 0 Å². The highest BCUT2D eigenvalue weighted by Gasteiger charge is 2.11. The predicted octanol–water partition coefficient (Wildman–Crippen LogP) is 4.87. The molecule has 1 aromatic carbocycles. The average Bonchev–Trinajstić information content (AvgIpc) is 2.17. The lowest BCUT2D eigenvalue weighted by molar-refractivity contribution is 0.0936. The third-order valence-electron chi connectivity index (χ3n) is 2.36. The van der Waals surface area contributed by atoms with E-state index in [4.69, 9.17) is 27.9 Å². The van der Waals surface area contributed by atoms with Crippen LogP contribution in [0.25, 0.3) is 0 Å². The number of hydrogen-bond donors (Lipinski definition) is 0. The number of benzene rings is 1. The summed E-state index contributed by atoms with van der Waals surface area (Å²) in [5, 5.41) is 1.33. The smallest absolute Gasteiger partial charge is 0.0822 e. The van der Waals surface area contributed by atoms with E-state index in [0.29, 0.717) is 10.0 Å². The Morgan fingerprint density at radius 1 is 1.20 bits per heavy atom. The largest absolute Gasteiger partial charge is 0.377 e. The monoisotopic (exact) mass is 246 g/mol. The van der Waals surface area contributed by atoms with Crippen molar-refractivity contribution in [3.05, 3.63) is 33.8 Å². The van der Waals surface area contributed by atoms with Gasteiger partial charge in [0, 0.05) is 17.2 Å². The van der Waals surface area contributed by atoms with Gasteiger partial charge in [-0.25, -0.2) is 0 Å². The zero-order valence-corrected chi connectivity index (χ0v) is 10.6. The molecule has 0 N–H and O–H groups in total. The molecule has 1 unspecified atom stereocenters. The van der Waals surface area contributed by atoms with Crippen LogP contribution in [0.15, 0.2) is 18.2 Å². The lowest BCUT2D eigenvalue weighted by Gasteiger charge is -2.15. The number of halogens is 2. The minimum atomic E-state index is 0.0983. The Hall–Kier alpha value is -0.240. The number of ether oxygens (including phenoxy) is 1. The highest BCUT2D eigenvalue weighted by molar-refractivity contribution is 6.34. The minimum absolute atomic E-state index is 0.0983. The summed E-state index contributed by atoms with van der Waals surface area (Å²) < 4.78 is 5.43. The number of unbranched alkanes of at least 4 members (excludes halogenated alkanes) is 1. The van der Waals surface area contributed by atoms with Crippen LogP contribution in [0.4, 0.5) is 0 Å². The van der Waals surface area contributed by atoms with Crippen molar-refractivity contribution in [2.75, 3.05) is 7.11 Å². The van der Waals surface area contributed by atoms with Gasteiger partial charge in [-0.1, -0.05) is 43.0 Å². The lowest BCUT2D eigenvalue weighted by atomic mass is 10.0. The Kier molecular flexibility index (Phi) is 5.44. The molecule has 0 aliphatic heterocycles. The first-order chi connectivity index (χ1) is 7.17. The molecule has 1 atom stereocenters. The first-order valence-corrected chi connectivity index (χ1v) is 5.91. The summed E-state index contributed by atoms with van der Waals surface area (Å²) in [5.74, 6) is 0. The summed E-state index contributed by atoms with van der Waals surface area (Å²) in [4.78, 5) is 0. The van der Waals surface area contributed by atoms with Crippen molar-refractivity contribution in [1.82, 2.24) is 0 Å². The van der Waals surface area contributed by atoms with Crippen LogP contribution < -0.4 is 0 Å². The van der Waals surface area contributed by atoms with Gasteiger partial charge in [0.2, 0.25) is 0 Å². The van der Waals surface area contributed by atoms with Crippen LogP contribution in [0.1, 0.15) is 37.9 Å². The molecule has 0 heterocycles. The number of hydrogen-bond acceptors (Lipinski definition) is 1. The molecule has 0 aliphatic rings. The van der Waals surface area contributed by atoms with Crippen LogP contribution in [0.2, 0.25) is 10.0 Å². The first-order valence-electron chi connectivity index (χ1n) is 5.16. The number of rotatable bonds is 5. The second kappa shape index (κ2) is 6.37. The third-order valence-corrected chi connectivity index (χ3v) is 2.80. The normalized spacial score (nSPS) is 12.8. The average molecular weight is 247 g/mol. The Morgan fingerprint density at radius 2 is 1.80 bits per heavy atom. The lowest BCUT2D eigenvalue weighted by Crippen LogP contribution is -2.01. The van der Waals surface area contributed by atoms with Gasteiger partial charge in [0.1, 0.15) is 0 Å². The van der Waals surface area contributed by atoms with Crippen LogP contribution in [-0.4, -0.2) is 7.11 Å². The van der Waals surface area contributed by atoms with Gasteiger partial charge in [0.15, 0.2) is 0 Å². The minimum Gasteiger partial charge on any atom is -0.377 e. The standard InChI is InChI=1S/C12H16Cl2O/c1-3-4-5-12(15-2)9-6-10(13)8-11(14)7-9/h6-8,12H,3-5H2,1-2H3. The molecule has 0 spiro atoms. The summed E-state index contributed by atoms with van der Waals surface area (Å²) in [6.07, 6.45) is 3.40. The molecule has 0 aromatic heterocycles. The fourth-order valence-electron chi connectivity index (χ4n) is 1.57. The maximum absolute atomic E-state index is 5.95. The Bertz CT molecular complexity index is 292. The molecule has 0 aliphatic carbocycles. The van der Waals surface area contributed by atoms with Gasteiger partial charge in [0.05, 0.1) is 6.10 Å². The van der Waals surface area contributed by atoms with Crippen molar-refractivity contribution in [3.8, 4) is 0 Å². The molecule has 84 valence electrons. The summed E-state index contributed by atoms with van der Waals surface area (Å²) in [7, 11) is 1.72. The van der Waals surface area contributed by atoms with E-state index in [1.807, 2.05) is 12.1 Å². The summed E-state index contributed by atoms with van der Waals surface area (Å²) in [5.41, 5.74) is 1.06. The Labute approximate surface area is 101 Å². The Balaban J connectivity index is 2.81. The molecule has 0 saturated carbocycles. The molecule has 0 fully saturated rings. The van der Waals surface area contributed by atoms with Crippen molar-refractivity contribution in [2.45, 2.75) is 32.3 Å². The molecule has 1 aromatic rings. The topological polar surface area (TPSA) is 9.23 Å². The molecule has 1 nitrogen and oxygen atoms in total. The summed E-state index contributed by atoms with van der Waals surface area (Å²) >= 11 is 11.9.